The smallest absolute Gasteiger partial charge is 0.368 e. The van der Waals surface area contributed by atoms with Crippen molar-refractivity contribution >= 4 is 112 Å². The minimum absolute atomic E-state index is 0.00160. The molecule has 0 bridgehead atoms. The number of fused-ring (bicyclic) bond motifs is 6. The number of pyridine rings is 3. The van der Waals surface area contributed by atoms with Gasteiger partial charge in [0.25, 0.3) is 0 Å². The van der Waals surface area contributed by atoms with Crippen molar-refractivity contribution in [2.24, 2.45) is 17.8 Å². The SMILES string of the molecule is C=C(P(=O)(OC)OC)P(=O)(OC)OC.COc1c(N2C[C@@H]3CCCN(CC(C=O)P(=O)(O)O)[C@@H]3C2)c(F)cc2c(=O)c(C(=O)O)cn(C3CC3)c12.COc1c(N2C[C@@H]3CCCN(CC(P(C)OC)P(=O)(OC)OC)[C@@H]3C2)c(F)cc2c(=O)c(C(=O)O)cn(C3CC3)c12.COc1c(N2C[C@@H]3CCCN[C@@H]3C2)c(F)cc2c(=O)c(C(=O)O)cn(C3CC3)c12.O=O. The number of hydrogen-bond acceptors (Lipinski definition) is 29. The van der Waals surface area contributed by atoms with Crippen LogP contribution in [-0.4, -0.2) is 252 Å². The summed E-state index contributed by atoms with van der Waals surface area (Å²) in [5.41, 5.74) is -2.67. The standard InChI is InChI=1S/C27H38FN3O8P2.C24H29FN3O8P.C21H24FN3O4.C6H14O6P2.O2/c1-36-26-23-18(25(32)19(27(33)34)13-31(23)17-8-9-17)11-20(28)24(26)30-12-16-7-6-10-29(21(16)14-30)15-22(40(5)37-2)41(35,38-3)39-4;1-36-23-20-16(22(30)17(24(31)32)10-28(20)14-4-5-14)7-18(25)21(23)27-8-13-3-2-6-26(19(13)11-27)9-15(12-29)37(33,34)35;1-29-20-17-13(19(26)14(21(27)28)9-25(17)12-4-5-12)7-15(22)18(20)24-8-11-3-2-6-23-16(11)10-24;1-6(13(7,9-2)10-3)14(8,11-4)12-5;1-2/h11,13,16-17,21-22H,6-10,12,14-15H2,1-5H3,(H,33,34);7,10,12-15,19H,2-6,8-9,11H2,1H3,(H,31,32)(H2,33,34,35);7,9,11-12,16,23H,2-6,8,10H2,1H3,(H,27,28);1H2,2-5H3;/t16-,21+,22?,40?;13-,15?,19+;11-,16+;;/m000../s1. The molecular formula is C78H105F3N9O28P5. The monoisotopic (exact) mass is 1830 g/mol. The van der Waals surface area contributed by atoms with E-state index in [4.69, 9.17) is 37.7 Å². The molecule has 9 atom stereocenters. The van der Waals surface area contributed by atoms with Gasteiger partial charge in [-0.25, -0.2) is 27.6 Å². The molecule has 3 aromatic heterocycles. The summed E-state index contributed by atoms with van der Waals surface area (Å²) in [5.74, 6) is -4.41. The fourth-order valence-corrected chi connectivity index (χ4v) is 26.1. The molecule has 9 fully saturated rings. The van der Waals surface area contributed by atoms with E-state index in [-0.39, 0.29) is 104 Å². The summed E-state index contributed by atoms with van der Waals surface area (Å²) >= 11 is 0. The van der Waals surface area contributed by atoms with Crippen molar-refractivity contribution in [2.75, 3.05) is 164 Å². The number of aldehydes is 1. The minimum atomic E-state index is -4.60. The molecule has 0 amide bonds. The minimum Gasteiger partial charge on any atom is -0.492 e. The van der Waals surface area contributed by atoms with Gasteiger partial charge in [-0.05, 0) is 139 Å². The van der Waals surface area contributed by atoms with E-state index >= 15 is 13.2 Å². The Labute approximate surface area is 706 Å². The Hall–Kier alpha value is -7.83. The van der Waals surface area contributed by atoms with Crippen LogP contribution in [0.5, 0.6) is 17.2 Å². The third kappa shape index (κ3) is 19.4. The number of aromatic carboxylic acids is 3. The average Bonchev–Trinajstić information content (AvgIpc) is 0.892. The molecule has 6 N–H and O–H groups in total. The highest BCUT2D eigenvalue weighted by molar-refractivity contribution is 7.78. The maximum Gasteiger partial charge on any atom is 0.368 e. The normalized spacial score (nSPS) is 21.8. The number of carboxylic acids is 3. The van der Waals surface area contributed by atoms with E-state index in [1.54, 1.807) is 20.8 Å². The molecule has 45 heteroatoms. The number of hydrogen-bond donors (Lipinski definition) is 6. The molecule has 3 saturated carbocycles. The molecule has 9 aliphatic rings. The Kier molecular flexibility index (Phi) is 30.8. The summed E-state index contributed by atoms with van der Waals surface area (Å²) in [7, 11) is -3.08. The molecule has 15 rings (SSSR count). The number of benzene rings is 3. The molecule has 3 aliphatic carbocycles. The Morgan fingerprint density at radius 2 is 0.862 bits per heavy atom. The molecule has 6 saturated heterocycles. The van der Waals surface area contributed by atoms with Crippen LogP contribution in [0, 0.1) is 45.1 Å². The number of halogens is 3. The predicted molar refractivity (Wildman–Crippen MR) is 453 cm³/mol. The topological polar surface area (TPSA) is 458 Å². The van der Waals surface area contributed by atoms with Crippen molar-refractivity contribution in [2.45, 2.75) is 124 Å². The van der Waals surface area contributed by atoms with Crippen LogP contribution in [0.1, 0.15) is 126 Å². The van der Waals surface area contributed by atoms with Crippen molar-refractivity contribution in [3.63, 3.8) is 0 Å². The van der Waals surface area contributed by atoms with Crippen molar-refractivity contribution in [1.82, 2.24) is 28.8 Å². The fourth-order valence-electron chi connectivity index (χ4n) is 18.0. The van der Waals surface area contributed by atoms with Gasteiger partial charge >= 0.3 is 48.3 Å². The van der Waals surface area contributed by atoms with Gasteiger partial charge in [0.2, 0.25) is 16.3 Å². The first-order valence-electron chi connectivity index (χ1n) is 39.8. The van der Waals surface area contributed by atoms with Gasteiger partial charge in [-0.3, -0.25) is 42.4 Å². The lowest BCUT2D eigenvalue weighted by Gasteiger charge is -2.40. The zero-order valence-electron chi connectivity index (χ0n) is 69.9. The highest BCUT2D eigenvalue weighted by atomic mass is 31.2. The van der Waals surface area contributed by atoms with Gasteiger partial charge in [-0.15, -0.1) is 0 Å². The van der Waals surface area contributed by atoms with Crippen LogP contribution in [-0.2, 0) is 54.7 Å². The number of likely N-dealkylation sites (tertiary alicyclic amines) is 2. The number of carbonyl (C=O) groups excluding carboxylic acids is 1. The number of piperidine rings is 3. The van der Waals surface area contributed by atoms with E-state index in [0.29, 0.717) is 92.0 Å². The Balaban J connectivity index is 0.000000167. The van der Waals surface area contributed by atoms with E-state index in [1.807, 2.05) is 26.3 Å². The summed E-state index contributed by atoms with van der Waals surface area (Å²) in [6, 6.07) is 3.78. The number of methoxy groups -OCH3 is 3. The number of carboxylic acid groups (broad SMARTS) is 3. The highest BCUT2D eigenvalue weighted by Gasteiger charge is 2.49. The second-order valence-corrected chi connectivity index (χ2v) is 43.2. The van der Waals surface area contributed by atoms with E-state index in [0.717, 1.165) is 137 Å². The lowest BCUT2D eigenvalue weighted by molar-refractivity contribution is -0.108. The van der Waals surface area contributed by atoms with E-state index in [1.165, 1.54) is 60.2 Å². The zero-order chi connectivity index (χ0) is 90.0. The van der Waals surface area contributed by atoms with Crippen molar-refractivity contribution in [3.8, 4) is 17.2 Å². The van der Waals surface area contributed by atoms with Crippen LogP contribution in [0.2, 0.25) is 0 Å². The second kappa shape index (κ2) is 39.6. The number of carbonyl (C=O) groups is 4. The molecule has 0 spiro atoms. The zero-order valence-corrected chi connectivity index (χ0v) is 74.4. The fraction of sp³-hybridized carbons (Fsp3) is 0.577. The molecule has 6 aliphatic heterocycles. The molecule has 123 heavy (non-hydrogen) atoms. The molecule has 3 unspecified atom stereocenters. The first-order valence-corrected chi connectivity index (χ1v) is 48.0. The second-order valence-electron chi connectivity index (χ2n) is 31.5. The Morgan fingerprint density at radius 3 is 1.16 bits per heavy atom. The van der Waals surface area contributed by atoms with Gasteiger partial charge in [-0.1, -0.05) is 6.58 Å². The quantitative estimate of drug-likeness (QED) is 0.0188. The number of rotatable bonds is 29. The molecule has 37 nitrogen and oxygen atoms in total. The van der Waals surface area contributed by atoms with Gasteiger partial charge in [-0.2, -0.15) is 0 Å². The van der Waals surface area contributed by atoms with Gasteiger partial charge in [0.05, 0.1) is 54.0 Å². The molecule has 3 aromatic carbocycles. The Bertz CT molecular complexity index is 5350. The van der Waals surface area contributed by atoms with Crippen LogP contribution in [0.3, 0.4) is 0 Å². The predicted octanol–water partition coefficient (Wildman–Crippen LogP) is 11.3. The summed E-state index contributed by atoms with van der Waals surface area (Å²) in [6.07, 6.45) is 15.2. The van der Waals surface area contributed by atoms with Gasteiger partial charge in [0.1, 0.15) is 56.2 Å². The number of nitrogens with zero attached hydrogens (tertiary/aromatic N) is 8. The number of aromatic nitrogens is 3. The van der Waals surface area contributed by atoms with Crippen LogP contribution in [0.15, 0.2) is 62.8 Å². The molecule has 676 valence electrons. The molecule has 9 heterocycles. The average molecular weight is 1830 g/mol. The summed E-state index contributed by atoms with van der Waals surface area (Å²) in [5, 5.41) is 31.3. The van der Waals surface area contributed by atoms with E-state index in [2.05, 4.69) is 34.9 Å². The van der Waals surface area contributed by atoms with Crippen molar-refractivity contribution in [1.29, 1.82) is 0 Å². The maximum absolute atomic E-state index is 15.9. The van der Waals surface area contributed by atoms with Crippen molar-refractivity contribution in [3.05, 3.63) is 123 Å². The third-order valence-corrected chi connectivity index (χ3v) is 35.8. The molecule has 6 aromatic rings. The summed E-state index contributed by atoms with van der Waals surface area (Å²) in [4.78, 5) is 128. The summed E-state index contributed by atoms with van der Waals surface area (Å²) < 4.78 is 153. The molecule has 0 radical (unpaired) electrons. The van der Waals surface area contributed by atoms with Crippen LogP contribution in [0.4, 0.5) is 30.2 Å². The summed E-state index contributed by atoms with van der Waals surface area (Å²) in [6.45, 7) is 11.3. The van der Waals surface area contributed by atoms with Crippen LogP contribution < -0.4 is 50.5 Å². The van der Waals surface area contributed by atoms with Gasteiger partial charge in [0.15, 0.2) is 34.7 Å². The first-order chi connectivity index (χ1) is 58.5. The van der Waals surface area contributed by atoms with Crippen LogP contribution in [0.25, 0.3) is 32.7 Å². The van der Waals surface area contributed by atoms with Gasteiger partial charge in [0, 0.05) is 175 Å². The third-order valence-electron chi connectivity index (χ3n) is 24.6. The van der Waals surface area contributed by atoms with Gasteiger partial charge < -0.3 is 109 Å². The van der Waals surface area contributed by atoms with E-state index < -0.39 is 107 Å². The first kappa shape index (κ1) is 95.8. The lowest BCUT2D eigenvalue weighted by atomic mass is 9.92. The molecular weight excluding hydrogens is 1720 g/mol. The Morgan fingerprint density at radius 1 is 0.520 bits per heavy atom. The highest BCUT2D eigenvalue weighted by Crippen LogP contribution is 2.72. The van der Waals surface area contributed by atoms with Crippen molar-refractivity contribution < 1.29 is 122 Å². The largest absolute Gasteiger partial charge is 0.492 e. The maximum atomic E-state index is 15.9. The number of ether oxygens (including phenoxy) is 3. The van der Waals surface area contributed by atoms with E-state index in [9.17, 15) is 76.9 Å². The van der Waals surface area contributed by atoms with Crippen LogP contribution >= 0.6 is 38.5 Å². The lowest BCUT2D eigenvalue weighted by Crippen LogP contribution is -2.48. The number of anilines is 3. The number of nitrogens with one attached hydrogen (secondary N) is 1.